The largest absolute Gasteiger partial charge is 0.207 e. The van der Waals surface area contributed by atoms with Crippen molar-refractivity contribution in [3.63, 3.8) is 0 Å². The predicted molar refractivity (Wildman–Crippen MR) is 145 cm³/mol. The second kappa shape index (κ2) is 7.94. The van der Waals surface area contributed by atoms with Crippen LogP contribution in [0.3, 0.4) is 0 Å². The van der Waals surface area contributed by atoms with Crippen LogP contribution in [0, 0.1) is 11.6 Å². The number of hydrogen-bond donors (Lipinski definition) is 0. The molecule has 0 aliphatic rings. The quantitative estimate of drug-likeness (QED) is 0.194. The molecule has 0 saturated heterocycles. The Kier molecular flexibility index (Phi) is 4.86. The van der Waals surface area contributed by atoms with E-state index < -0.39 is 18.5 Å². The van der Waals surface area contributed by atoms with Gasteiger partial charge in [-0.3, -0.25) is 0 Å². The predicted octanol–water partition coefficient (Wildman–Crippen LogP) is 7.15. The number of benzene rings is 6. The summed E-state index contributed by atoms with van der Waals surface area (Å²) in [7, 11) is 0. The van der Waals surface area contributed by atoms with Gasteiger partial charge in [0.05, 0.1) is 0 Å². The van der Waals surface area contributed by atoms with Crippen molar-refractivity contribution < 1.29 is 8.78 Å². The molecule has 0 saturated carbocycles. The van der Waals surface area contributed by atoms with E-state index in [2.05, 4.69) is 73.0 Å². The van der Waals surface area contributed by atoms with Crippen molar-refractivity contribution in [3.05, 3.63) is 127 Å². The Morgan fingerprint density at radius 2 is 0.882 bits per heavy atom. The summed E-state index contributed by atoms with van der Waals surface area (Å²) in [6, 6.07) is 36.9. The van der Waals surface area contributed by atoms with Crippen LogP contribution in [0.25, 0.3) is 32.3 Å². The van der Waals surface area contributed by atoms with Crippen LogP contribution in [0.1, 0.15) is 0 Å². The maximum Gasteiger partial charge on any atom is 0.126 e. The van der Waals surface area contributed by atoms with Gasteiger partial charge in [-0.05, 0) is 73.3 Å². The molecule has 1 atom stereocenters. The van der Waals surface area contributed by atoms with Gasteiger partial charge in [0.2, 0.25) is 0 Å². The zero-order chi connectivity index (χ0) is 23.3. The Balaban J connectivity index is 1.73. The monoisotopic (exact) mass is 462 g/mol. The summed E-state index contributed by atoms with van der Waals surface area (Å²) in [5.74, 6) is -1.17. The fourth-order valence-corrected chi connectivity index (χ4v) is 7.96. The molecule has 0 N–H and O–H groups in total. The molecule has 0 nitrogen and oxygen atoms in total. The van der Waals surface area contributed by atoms with Gasteiger partial charge in [-0.25, -0.2) is 8.78 Å². The topological polar surface area (TPSA) is 0 Å². The van der Waals surface area contributed by atoms with Crippen LogP contribution < -0.4 is 15.9 Å². The summed E-state index contributed by atoms with van der Waals surface area (Å²) in [6.07, 6.45) is 4.69. The van der Waals surface area contributed by atoms with Crippen LogP contribution in [0.5, 0.6) is 0 Å². The molecule has 0 amide bonds. The third-order valence-corrected chi connectivity index (χ3v) is 10.1. The smallest absolute Gasteiger partial charge is 0.126 e. The maximum atomic E-state index is 14.4. The van der Waals surface area contributed by atoms with Crippen molar-refractivity contribution in [2.75, 3.05) is 0 Å². The average Bonchev–Trinajstić information content (AvgIpc) is 2.88. The standard InChI is InChI=1S/C31H21F2P/c1-34(23-9-3-2-4-10-23,25-18-21(32)17-22(33)19-25)24-15-16-30-28-13-6-5-11-26(28)27-12-7-8-14-29(27)31(30)20-24/h2-20H,1H2. The SMILES string of the molecule is C=P(c1ccccc1)(c1cc(F)cc(F)c1)c1ccc2c3ccccc3c3ccccc3c2c1. The second-order valence-corrected chi connectivity index (χ2v) is 11.8. The van der Waals surface area contributed by atoms with Crippen LogP contribution in [-0.4, -0.2) is 6.30 Å². The third-order valence-electron chi connectivity index (χ3n) is 6.65. The highest BCUT2D eigenvalue weighted by Gasteiger charge is 2.24. The summed E-state index contributed by atoms with van der Waals surface area (Å²) >= 11 is 0. The van der Waals surface area contributed by atoms with Gasteiger partial charge in [-0.2, -0.15) is 0 Å². The Hall–Kier alpha value is -3.74. The van der Waals surface area contributed by atoms with E-state index in [0.29, 0.717) is 5.30 Å². The van der Waals surface area contributed by atoms with E-state index in [1.165, 1.54) is 28.3 Å². The van der Waals surface area contributed by atoms with Gasteiger partial charge in [0.15, 0.2) is 0 Å². The minimum Gasteiger partial charge on any atom is -0.207 e. The van der Waals surface area contributed by atoms with Crippen LogP contribution >= 0.6 is 6.89 Å². The average molecular weight is 462 g/mol. The molecule has 0 aliphatic carbocycles. The van der Waals surface area contributed by atoms with Gasteiger partial charge in [-0.1, -0.05) is 97.3 Å². The lowest BCUT2D eigenvalue weighted by molar-refractivity contribution is 0.585. The molecular formula is C31H21F2P. The Labute approximate surface area is 197 Å². The second-order valence-electron chi connectivity index (χ2n) is 8.59. The molecule has 0 spiro atoms. The normalized spacial score (nSPS) is 13.4. The Morgan fingerprint density at radius 1 is 0.412 bits per heavy atom. The highest BCUT2D eigenvalue weighted by Crippen LogP contribution is 2.44. The van der Waals surface area contributed by atoms with E-state index in [1.807, 2.05) is 30.3 Å². The lowest BCUT2D eigenvalue weighted by atomic mass is 9.94. The van der Waals surface area contributed by atoms with E-state index in [4.69, 9.17) is 0 Å². The highest BCUT2D eigenvalue weighted by atomic mass is 31.2. The minimum atomic E-state index is -2.55. The van der Waals surface area contributed by atoms with Gasteiger partial charge in [0.1, 0.15) is 11.6 Å². The van der Waals surface area contributed by atoms with E-state index in [-0.39, 0.29) is 0 Å². The number of hydrogen-bond acceptors (Lipinski definition) is 0. The van der Waals surface area contributed by atoms with Crippen LogP contribution in [-0.2, 0) is 0 Å². The van der Waals surface area contributed by atoms with Gasteiger partial charge < -0.3 is 0 Å². The zero-order valence-electron chi connectivity index (χ0n) is 18.4. The number of halogens is 2. The van der Waals surface area contributed by atoms with Crippen molar-refractivity contribution in [1.29, 1.82) is 0 Å². The number of rotatable bonds is 3. The Bertz CT molecular complexity index is 1700. The summed E-state index contributed by atoms with van der Waals surface area (Å²) in [4.78, 5) is 0. The molecule has 3 heteroatoms. The first-order valence-corrected chi connectivity index (χ1v) is 13.1. The van der Waals surface area contributed by atoms with Crippen molar-refractivity contribution in [3.8, 4) is 0 Å². The molecule has 1 unspecified atom stereocenters. The molecule has 0 fully saturated rings. The fraction of sp³-hybridized carbons (Fsp3) is 0. The lowest BCUT2D eigenvalue weighted by Gasteiger charge is -2.27. The van der Waals surface area contributed by atoms with Gasteiger partial charge in [0, 0.05) is 6.07 Å². The van der Waals surface area contributed by atoms with Crippen molar-refractivity contribution in [1.82, 2.24) is 0 Å². The summed E-state index contributed by atoms with van der Waals surface area (Å²) in [6.45, 7) is -2.55. The summed E-state index contributed by atoms with van der Waals surface area (Å²) < 4.78 is 28.8. The first-order valence-electron chi connectivity index (χ1n) is 11.2. The zero-order valence-corrected chi connectivity index (χ0v) is 19.3. The molecule has 0 aromatic heterocycles. The first-order chi connectivity index (χ1) is 16.6. The maximum absolute atomic E-state index is 14.4. The molecule has 0 bridgehead atoms. The lowest BCUT2D eigenvalue weighted by Crippen LogP contribution is -2.26. The van der Waals surface area contributed by atoms with E-state index >= 15 is 0 Å². The molecule has 6 aromatic carbocycles. The van der Waals surface area contributed by atoms with Crippen LogP contribution in [0.4, 0.5) is 8.78 Å². The number of fused-ring (bicyclic) bond motifs is 6. The molecule has 0 aliphatic heterocycles. The van der Waals surface area contributed by atoms with Crippen molar-refractivity contribution in [2.24, 2.45) is 0 Å². The van der Waals surface area contributed by atoms with Gasteiger partial charge in [-0.15, -0.1) is 0 Å². The first kappa shape index (κ1) is 20.8. The minimum absolute atomic E-state index is 0.584. The van der Waals surface area contributed by atoms with Gasteiger partial charge >= 0.3 is 0 Å². The van der Waals surface area contributed by atoms with Crippen molar-refractivity contribution in [2.45, 2.75) is 0 Å². The summed E-state index contributed by atoms with van der Waals surface area (Å²) in [5, 5.41) is 9.56. The van der Waals surface area contributed by atoms with E-state index in [9.17, 15) is 8.78 Å². The summed E-state index contributed by atoms with van der Waals surface area (Å²) in [5.41, 5.74) is 0. The molecule has 34 heavy (non-hydrogen) atoms. The Morgan fingerprint density at radius 3 is 1.44 bits per heavy atom. The van der Waals surface area contributed by atoms with Crippen LogP contribution in [0.15, 0.2) is 115 Å². The third kappa shape index (κ3) is 3.18. The molecule has 0 radical (unpaired) electrons. The highest BCUT2D eigenvalue weighted by molar-refractivity contribution is 7.93. The van der Waals surface area contributed by atoms with E-state index in [0.717, 1.165) is 32.8 Å². The van der Waals surface area contributed by atoms with E-state index in [1.54, 1.807) is 0 Å². The molecule has 6 aromatic rings. The molecule has 0 heterocycles. The van der Waals surface area contributed by atoms with Crippen LogP contribution in [0.2, 0.25) is 0 Å². The molecule has 164 valence electrons. The fourth-order valence-electron chi connectivity index (χ4n) is 5.02. The molecule has 6 rings (SSSR count). The van der Waals surface area contributed by atoms with Gasteiger partial charge in [0.25, 0.3) is 0 Å². The van der Waals surface area contributed by atoms with Crippen molar-refractivity contribution >= 4 is 61.4 Å². The molecular weight excluding hydrogens is 441 g/mol.